The van der Waals surface area contributed by atoms with Gasteiger partial charge in [0, 0.05) is 9.92 Å². The van der Waals surface area contributed by atoms with Crippen LogP contribution in [0.4, 0.5) is 17.2 Å². The molecule has 0 aliphatic carbocycles. The molecule has 0 atom stereocenters. The van der Waals surface area contributed by atoms with Crippen molar-refractivity contribution in [2.75, 3.05) is 12.4 Å². The zero-order valence-electron chi connectivity index (χ0n) is 13.5. The fraction of sp³-hybridized carbons (Fsp3) is 0.0588. The van der Waals surface area contributed by atoms with Crippen LogP contribution in [0.2, 0.25) is 5.02 Å². The highest BCUT2D eigenvalue weighted by Crippen LogP contribution is 2.39. The molecule has 9 heteroatoms. The summed E-state index contributed by atoms with van der Waals surface area (Å²) in [6, 6.07) is 14.2. The number of ether oxygens (including phenoxy) is 1. The van der Waals surface area contributed by atoms with Crippen molar-refractivity contribution in [1.29, 1.82) is 0 Å². The minimum absolute atomic E-state index is 0.0593. The Balaban J connectivity index is 2.01. The third-order valence-corrected chi connectivity index (χ3v) is 4.58. The van der Waals surface area contributed by atoms with Crippen LogP contribution in [0, 0.1) is 10.1 Å². The first-order valence-corrected chi connectivity index (χ1v) is 8.61. The van der Waals surface area contributed by atoms with E-state index in [1.165, 1.54) is 25.2 Å². The molecular weight excluding hydrogens is 376 g/mol. The van der Waals surface area contributed by atoms with Crippen LogP contribution in [0.15, 0.2) is 64.8 Å². The smallest absolute Gasteiger partial charge is 0.343 e. The van der Waals surface area contributed by atoms with Crippen LogP contribution in [0.5, 0.6) is 5.75 Å². The van der Waals surface area contributed by atoms with Gasteiger partial charge in [0.2, 0.25) is 5.82 Å². The van der Waals surface area contributed by atoms with E-state index >= 15 is 0 Å². The number of nitrogens with zero attached hydrogens (tertiary/aromatic N) is 3. The molecule has 0 bridgehead atoms. The van der Waals surface area contributed by atoms with Crippen LogP contribution >= 0.6 is 23.4 Å². The van der Waals surface area contributed by atoms with Crippen LogP contribution in [-0.2, 0) is 0 Å². The van der Waals surface area contributed by atoms with Crippen LogP contribution < -0.4 is 10.1 Å². The van der Waals surface area contributed by atoms with Gasteiger partial charge in [0.05, 0.1) is 17.7 Å². The lowest BCUT2D eigenvalue weighted by molar-refractivity contribution is -0.387. The Morgan fingerprint density at radius 1 is 1.19 bits per heavy atom. The zero-order valence-corrected chi connectivity index (χ0v) is 15.1. The molecule has 2 aromatic carbocycles. The van der Waals surface area contributed by atoms with Gasteiger partial charge < -0.3 is 10.1 Å². The lowest BCUT2D eigenvalue weighted by Crippen LogP contribution is -2.03. The molecule has 0 radical (unpaired) electrons. The van der Waals surface area contributed by atoms with Crippen LogP contribution in [0.1, 0.15) is 0 Å². The van der Waals surface area contributed by atoms with Crippen molar-refractivity contribution in [3.05, 3.63) is 70.0 Å². The van der Waals surface area contributed by atoms with Gasteiger partial charge in [-0.05, 0) is 30.3 Å². The maximum Gasteiger partial charge on any atom is 0.343 e. The second-order valence-corrected chi connectivity index (χ2v) is 6.52. The molecule has 132 valence electrons. The molecule has 0 aliphatic heterocycles. The van der Waals surface area contributed by atoms with Gasteiger partial charge in [-0.25, -0.2) is 9.97 Å². The largest absolute Gasteiger partial charge is 0.495 e. The first kappa shape index (κ1) is 18.0. The number of benzene rings is 2. The number of hydrogen-bond donors (Lipinski definition) is 1. The normalized spacial score (nSPS) is 10.4. The minimum atomic E-state index is -0.509. The number of nitro groups is 1. The van der Waals surface area contributed by atoms with E-state index in [-0.39, 0.29) is 16.5 Å². The van der Waals surface area contributed by atoms with Crippen molar-refractivity contribution in [3.63, 3.8) is 0 Å². The fourth-order valence-corrected chi connectivity index (χ4v) is 3.26. The molecule has 0 saturated heterocycles. The SMILES string of the molecule is COc1ccc(Cl)cc1Nc1ncnc(Sc2ccccc2)c1[N+](=O)[O-]. The molecule has 3 aromatic rings. The van der Waals surface area contributed by atoms with Crippen molar-refractivity contribution < 1.29 is 9.66 Å². The molecule has 26 heavy (non-hydrogen) atoms. The number of nitrogens with one attached hydrogen (secondary N) is 1. The number of methoxy groups -OCH3 is 1. The highest BCUT2D eigenvalue weighted by Gasteiger charge is 2.24. The van der Waals surface area contributed by atoms with Gasteiger partial charge in [0.15, 0.2) is 5.03 Å². The van der Waals surface area contributed by atoms with Crippen molar-refractivity contribution in [2.45, 2.75) is 9.92 Å². The monoisotopic (exact) mass is 388 g/mol. The van der Waals surface area contributed by atoms with Crippen molar-refractivity contribution >= 4 is 40.6 Å². The second kappa shape index (κ2) is 8.03. The van der Waals surface area contributed by atoms with Gasteiger partial charge in [-0.15, -0.1) is 0 Å². The Labute approximate surface area is 158 Å². The Morgan fingerprint density at radius 3 is 2.65 bits per heavy atom. The van der Waals surface area contributed by atoms with E-state index in [0.29, 0.717) is 16.5 Å². The van der Waals surface area contributed by atoms with Crippen molar-refractivity contribution in [2.24, 2.45) is 0 Å². The molecule has 7 nitrogen and oxygen atoms in total. The molecule has 1 aromatic heterocycles. The minimum Gasteiger partial charge on any atom is -0.495 e. The van der Waals surface area contributed by atoms with Gasteiger partial charge in [0.25, 0.3) is 0 Å². The van der Waals surface area contributed by atoms with E-state index in [1.807, 2.05) is 30.3 Å². The summed E-state index contributed by atoms with van der Waals surface area (Å²) >= 11 is 7.20. The highest BCUT2D eigenvalue weighted by molar-refractivity contribution is 7.99. The Bertz CT molecular complexity index is 941. The summed E-state index contributed by atoms with van der Waals surface area (Å²) in [5.74, 6) is 0.545. The number of rotatable bonds is 6. The lowest BCUT2D eigenvalue weighted by Gasteiger charge is -2.12. The van der Waals surface area contributed by atoms with E-state index in [9.17, 15) is 10.1 Å². The molecule has 1 N–H and O–H groups in total. The predicted octanol–water partition coefficient (Wildman–Crippen LogP) is 4.94. The molecule has 0 amide bonds. The van der Waals surface area contributed by atoms with Gasteiger partial charge >= 0.3 is 5.69 Å². The van der Waals surface area contributed by atoms with E-state index in [1.54, 1.807) is 18.2 Å². The predicted molar refractivity (Wildman–Crippen MR) is 101 cm³/mol. The summed E-state index contributed by atoms with van der Waals surface area (Å²) in [5, 5.41) is 15.3. The molecule has 3 rings (SSSR count). The lowest BCUT2D eigenvalue weighted by atomic mass is 10.3. The van der Waals surface area contributed by atoms with Crippen LogP contribution in [0.25, 0.3) is 0 Å². The van der Waals surface area contributed by atoms with Crippen molar-refractivity contribution in [1.82, 2.24) is 9.97 Å². The molecule has 0 fully saturated rings. The average molecular weight is 389 g/mol. The van der Waals surface area contributed by atoms with Gasteiger partial charge in [-0.2, -0.15) is 0 Å². The third kappa shape index (κ3) is 4.04. The summed E-state index contributed by atoms with van der Waals surface area (Å²) < 4.78 is 5.26. The quantitative estimate of drug-likeness (QED) is 0.363. The highest BCUT2D eigenvalue weighted by atomic mass is 35.5. The molecule has 0 aliphatic rings. The first-order valence-electron chi connectivity index (χ1n) is 7.41. The number of aromatic nitrogens is 2. The summed E-state index contributed by atoms with van der Waals surface area (Å²) in [7, 11) is 1.50. The number of hydrogen-bond acceptors (Lipinski definition) is 7. The van der Waals surface area contributed by atoms with Gasteiger partial charge in [-0.3, -0.25) is 10.1 Å². The van der Waals surface area contributed by atoms with Crippen molar-refractivity contribution in [3.8, 4) is 5.75 Å². The van der Waals surface area contributed by atoms with E-state index in [0.717, 1.165) is 4.90 Å². The molecular formula is C17H13ClN4O3S. The topological polar surface area (TPSA) is 90.2 Å². The summed E-state index contributed by atoms with van der Waals surface area (Å²) in [6.45, 7) is 0. The molecule has 0 spiro atoms. The average Bonchev–Trinajstić information content (AvgIpc) is 2.63. The fourth-order valence-electron chi connectivity index (χ4n) is 2.20. The summed E-state index contributed by atoms with van der Waals surface area (Å²) in [6.07, 6.45) is 1.28. The van der Waals surface area contributed by atoms with Gasteiger partial charge in [-0.1, -0.05) is 41.6 Å². The Morgan fingerprint density at radius 2 is 1.96 bits per heavy atom. The Kier molecular flexibility index (Phi) is 5.55. The second-order valence-electron chi connectivity index (χ2n) is 5.02. The zero-order chi connectivity index (χ0) is 18.5. The third-order valence-electron chi connectivity index (χ3n) is 3.34. The van der Waals surface area contributed by atoms with Crippen LogP contribution in [-0.4, -0.2) is 22.0 Å². The molecule has 0 unspecified atom stereocenters. The standard InChI is InChI=1S/C17H13ClN4O3S/c1-25-14-8-7-11(18)9-13(14)21-16-15(22(23)24)17(20-10-19-16)26-12-5-3-2-4-6-12/h2-10H,1H3,(H,19,20,21). The summed E-state index contributed by atoms with van der Waals surface area (Å²) in [5.41, 5.74) is 0.251. The van der Waals surface area contributed by atoms with Gasteiger partial charge in [0.1, 0.15) is 12.1 Å². The maximum absolute atomic E-state index is 11.7. The molecule has 0 saturated carbocycles. The number of halogens is 1. The molecule has 1 heterocycles. The first-order chi connectivity index (χ1) is 12.6. The van der Waals surface area contributed by atoms with E-state index in [4.69, 9.17) is 16.3 Å². The Hall–Kier alpha value is -2.84. The number of anilines is 2. The van der Waals surface area contributed by atoms with Crippen LogP contribution in [0.3, 0.4) is 0 Å². The van der Waals surface area contributed by atoms with E-state index < -0.39 is 4.92 Å². The maximum atomic E-state index is 11.7. The summed E-state index contributed by atoms with van der Waals surface area (Å²) in [4.78, 5) is 20.1. The van der Waals surface area contributed by atoms with E-state index in [2.05, 4.69) is 15.3 Å².